The van der Waals surface area contributed by atoms with Crippen LogP contribution in [0.2, 0.25) is 0 Å². The minimum Gasteiger partial charge on any atom is -0.463 e. The van der Waals surface area contributed by atoms with Crippen molar-refractivity contribution in [2.24, 2.45) is 39.4 Å². The van der Waals surface area contributed by atoms with Crippen molar-refractivity contribution < 1.29 is 68.8 Å². The highest BCUT2D eigenvalue weighted by atomic mass is 16.7. The molecular formula is C40H60O14. The van der Waals surface area contributed by atoms with Crippen molar-refractivity contribution in [3.63, 3.8) is 0 Å². The molecule has 54 heavy (non-hydrogen) atoms. The number of aliphatic hydroxyl groups is 6. The zero-order valence-electron chi connectivity index (χ0n) is 33.1. The maximum absolute atomic E-state index is 14.9. The summed E-state index contributed by atoms with van der Waals surface area (Å²) < 4.78 is 23.0. The maximum atomic E-state index is 14.9. The van der Waals surface area contributed by atoms with Crippen LogP contribution in [0.1, 0.15) is 94.9 Å². The summed E-state index contributed by atoms with van der Waals surface area (Å²) in [6, 6.07) is 0. The summed E-state index contributed by atoms with van der Waals surface area (Å²) in [5.74, 6) is -4.21. The van der Waals surface area contributed by atoms with E-state index in [1.165, 1.54) is 26.8 Å². The van der Waals surface area contributed by atoms with Crippen molar-refractivity contribution >= 4 is 23.5 Å². The number of ketones is 2. The van der Waals surface area contributed by atoms with Gasteiger partial charge < -0.3 is 49.6 Å². The molecule has 15 atom stereocenters. The summed E-state index contributed by atoms with van der Waals surface area (Å²) >= 11 is 0. The Morgan fingerprint density at radius 3 is 2.17 bits per heavy atom. The third-order valence-corrected chi connectivity index (χ3v) is 14.1. The molecule has 5 rings (SSSR count). The lowest BCUT2D eigenvalue weighted by Gasteiger charge is -2.65. The van der Waals surface area contributed by atoms with Crippen molar-refractivity contribution in [2.45, 2.75) is 155 Å². The quantitative estimate of drug-likeness (QED) is 0.112. The minimum absolute atomic E-state index is 0.0805. The Hall–Kier alpha value is -2.56. The topological polar surface area (TPSA) is 227 Å². The fourth-order valence-electron chi connectivity index (χ4n) is 11.1. The van der Waals surface area contributed by atoms with E-state index < -0.39 is 118 Å². The Labute approximate surface area is 316 Å². The molecule has 0 aromatic carbocycles. The first-order valence-electron chi connectivity index (χ1n) is 18.9. The zero-order chi connectivity index (χ0) is 40.7. The van der Waals surface area contributed by atoms with Gasteiger partial charge in [-0.2, -0.15) is 0 Å². The number of fused-ring (bicyclic) bond motifs is 5. The van der Waals surface area contributed by atoms with Gasteiger partial charge in [0.1, 0.15) is 36.3 Å². The van der Waals surface area contributed by atoms with Crippen molar-refractivity contribution in [1.29, 1.82) is 0 Å². The highest BCUT2D eigenvalue weighted by molar-refractivity contribution is 5.97. The number of allylic oxidation sites excluding steroid dienone is 1. The standard InChI is InChI=1S/C40H60O14/c1-19(41)51-18-25-31(52-20(2)42)29(46)30(47)34(54-25)53-24-16-37(7)26-12-11-21-22(15-23(43)33(48)36(21,5)6)39(26,9)28(45)17-38(37,8)32(24)40(10,50)27(44)13-14-35(3,4)49/h11,13-14,22-26,29-34,43,46-50H,12,15-18H2,1-10H3/b14-13+/t22-,23+,24-,25-,26+,29+,30-,31-,32+,33-,34+,37+,38-,39+,40+/m1/s1. The van der Waals surface area contributed by atoms with E-state index in [9.17, 15) is 49.8 Å². The van der Waals surface area contributed by atoms with Gasteiger partial charge in [-0.25, -0.2) is 0 Å². The van der Waals surface area contributed by atoms with E-state index in [4.69, 9.17) is 18.9 Å². The Balaban J connectivity index is 1.61. The molecule has 1 aliphatic heterocycles. The largest absolute Gasteiger partial charge is 0.463 e. The van der Waals surface area contributed by atoms with Crippen LogP contribution in [0.4, 0.5) is 0 Å². The van der Waals surface area contributed by atoms with Gasteiger partial charge in [0.25, 0.3) is 0 Å². The summed E-state index contributed by atoms with van der Waals surface area (Å²) in [4.78, 5) is 52.5. The summed E-state index contributed by atoms with van der Waals surface area (Å²) in [5, 5.41) is 67.4. The van der Waals surface area contributed by atoms with Crippen LogP contribution >= 0.6 is 0 Å². The average molecular weight is 765 g/mol. The fraction of sp³-hybridized carbons (Fsp3) is 0.800. The van der Waals surface area contributed by atoms with E-state index in [-0.39, 0.29) is 31.0 Å². The fourth-order valence-corrected chi connectivity index (χ4v) is 11.1. The maximum Gasteiger partial charge on any atom is 0.303 e. The molecule has 0 unspecified atom stereocenters. The zero-order valence-corrected chi connectivity index (χ0v) is 33.1. The number of carbonyl (C=O) groups excluding carboxylic acids is 4. The molecule has 5 aliphatic rings. The van der Waals surface area contributed by atoms with Crippen LogP contribution in [0.25, 0.3) is 0 Å². The van der Waals surface area contributed by atoms with Gasteiger partial charge in [-0.05, 0) is 68.8 Å². The number of Topliss-reactive ketones (excluding diaryl/α,β-unsaturated/α-hetero) is 1. The van der Waals surface area contributed by atoms with Crippen molar-refractivity contribution in [3.05, 3.63) is 23.8 Å². The normalized spacial score (nSPS) is 44.3. The first kappa shape index (κ1) is 42.6. The average Bonchev–Trinajstić information content (AvgIpc) is 3.27. The van der Waals surface area contributed by atoms with Gasteiger partial charge in [0, 0.05) is 37.0 Å². The number of carbonyl (C=O) groups is 4. The Kier molecular flexibility index (Phi) is 11.1. The number of hydrogen-bond acceptors (Lipinski definition) is 14. The second kappa shape index (κ2) is 14.1. The highest BCUT2D eigenvalue weighted by Gasteiger charge is 2.75. The number of rotatable bonds is 9. The molecule has 304 valence electrons. The van der Waals surface area contributed by atoms with Gasteiger partial charge in [-0.15, -0.1) is 0 Å². The molecule has 4 aliphatic carbocycles. The molecule has 0 radical (unpaired) electrons. The Morgan fingerprint density at radius 2 is 1.59 bits per heavy atom. The number of hydrogen-bond donors (Lipinski definition) is 6. The van der Waals surface area contributed by atoms with Crippen LogP contribution in [0.3, 0.4) is 0 Å². The third-order valence-electron chi connectivity index (χ3n) is 14.1. The SMILES string of the molecule is CC(=O)OC[C@H]1O[C@H](O[C@@H]2C[C@@]3(C)[C@@H]4CC=C5[C@@H](C[C@H](O)[C@@H](O)C5(C)C)[C@]4(C)C(=O)C[C@]3(C)[C@H]2[C@@](C)(O)C(=O)/C=C/C(C)(C)O)[C@H](O)[C@H](O)[C@@H]1OC(C)=O. The van der Waals surface area contributed by atoms with Gasteiger partial charge in [0.05, 0.1) is 23.9 Å². The van der Waals surface area contributed by atoms with Crippen LogP contribution in [-0.4, -0.2) is 121 Å². The number of esters is 2. The Morgan fingerprint density at radius 1 is 0.963 bits per heavy atom. The van der Waals surface area contributed by atoms with Crippen LogP contribution in [0.15, 0.2) is 23.8 Å². The van der Waals surface area contributed by atoms with Crippen molar-refractivity contribution in [1.82, 2.24) is 0 Å². The lowest BCUT2D eigenvalue weighted by Crippen LogP contribution is -2.66. The predicted molar refractivity (Wildman–Crippen MR) is 191 cm³/mol. The Bertz CT molecular complexity index is 1580. The molecule has 6 N–H and O–H groups in total. The lowest BCUT2D eigenvalue weighted by molar-refractivity contribution is -0.319. The summed E-state index contributed by atoms with van der Waals surface area (Å²) in [7, 11) is 0. The molecule has 14 heteroatoms. The monoisotopic (exact) mass is 764 g/mol. The third kappa shape index (κ3) is 6.82. The van der Waals surface area contributed by atoms with Gasteiger partial charge >= 0.3 is 11.9 Å². The van der Waals surface area contributed by atoms with Crippen molar-refractivity contribution in [2.75, 3.05) is 6.61 Å². The van der Waals surface area contributed by atoms with Gasteiger partial charge in [-0.3, -0.25) is 19.2 Å². The molecule has 4 fully saturated rings. The first-order valence-corrected chi connectivity index (χ1v) is 18.9. The van der Waals surface area contributed by atoms with Gasteiger partial charge in [0.15, 0.2) is 18.2 Å². The molecule has 3 saturated carbocycles. The minimum atomic E-state index is -2.20. The summed E-state index contributed by atoms with van der Waals surface area (Å²) in [6.07, 6.45) is -5.93. The molecule has 14 nitrogen and oxygen atoms in total. The van der Waals surface area contributed by atoms with E-state index in [1.54, 1.807) is 0 Å². The van der Waals surface area contributed by atoms with E-state index in [1.807, 2.05) is 34.6 Å². The van der Waals surface area contributed by atoms with Crippen LogP contribution < -0.4 is 0 Å². The van der Waals surface area contributed by atoms with Crippen LogP contribution in [0, 0.1) is 39.4 Å². The molecular weight excluding hydrogens is 704 g/mol. The highest BCUT2D eigenvalue weighted by Crippen LogP contribution is 2.74. The molecule has 1 saturated heterocycles. The summed E-state index contributed by atoms with van der Waals surface area (Å²) in [6.45, 7) is 15.6. The number of ether oxygens (including phenoxy) is 4. The van der Waals surface area contributed by atoms with E-state index in [2.05, 4.69) is 6.08 Å². The summed E-state index contributed by atoms with van der Waals surface area (Å²) in [5.41, 5.74) is -6.44. The molecule has 1 heterocycles. The second-order valence-electron chi connectivity index (χ2n) is 18.4. The smallest absolute Gasteiger partial charge is 0.303 e. The van der Waals surface area contributed by atoms with Gasteiger partial charge in [-0.1, -0.05) is 52.3 Å². The van der Waals surface area contributed by atoms with Crippen LogP contribution in [-0.2, 0) is 38.1 Å². The molecule has 0 aromatic rings. The predicted octanol–water partition coefficient (Wildman–Crippen LogP) is 1.69. The molecule has 0 spiro atoms. The lowest BCUT2D eigenvalue weighted by atomic mass is 9.38. The molecule has 0 amide bonds. The second-order valence-corrected chi connectivity index (χ2v) is 18.4. The number of aliphatic hydroxyl groups excluding tert-OH is 4. The van der Waals surface area contributed by atoms with E-state index in [0.29, 0.717) is 6.42 Å². The van der Waals surface area contributed by atoms with Crippen LogP contribution in [0.5, 0.6) is 0 Å². The molecule has 0 aromatic heterocycles. The first-order chi connectivity index (χ1) is 24.6. The molecule has 0 bridgehead atoms. The van der Waals surface area contributed by atoms with E-state index in [0.717, 1.165) is 25.5 Å². The van der Waals surface area contributed by atoms with Gasteiger partial charge in [0.2, 0.25) is 0 Å². The van der Waals surface area contributed by atoms with E-state index >= 15 is 0 Å². The van der Waals surface area contributed by atoms with Crippen molar-refractivity contribution in [3.8, 4) is 0 Å².